The second kappa shape index (κ2) is 3.48. The number of carboxylic acid groups (broad SMARTS) is 1. The van der Waals surface area contributed by atoms with E-state index in [0.717, 1.165) is 12.8 Å². The SMILES string of the molecule is O=C(O)C1CN(C(=O)NC2CCC2)C1. The van der Waals surface area contributed by atoms with Gasteiger partial charge in [0.15, 0.2) is 0 Å². The summed E-state index contributed by atoms with van der Waals surface area (Å²) in [5.41, 5.74) is 0. The molecule has 2 amide bonds. The maximum atomic E-state index is 11.4. The number of amides is 2. The number of likely N-dealkylation sites (tertiary alicyclic amines) is 1. The van der Waals surface area contributed by atoms with Crippen LogP contribution in [-0.2, 0) is 4.79 Å². The van der Waals surface area contributed by atoms with Crippen molar-refractivity contribution in [3.63, 3.8) is 0 Å². The van der Waals surface area contributed by atoms with Gasteiger partial charge in [-0.2, -0.15) is 0 Å². The van der Waals surface area contributed by atoms with Crippen molar-refractivity contribution < 1.29 is 14.7 Å². The first-order valence-corrected chi connectivity index (χ1v) is 4.95. The van der Waals surface area contributed by atoms with Crippen LogP contribution in [0.2, 0.25) is 0 Å². The Morgan fingerprint density at radius 1 is 1.29 bits per heavy atom. The highest BCUT2D eigenvalue weighted by Gasteiger charge is 2.36. The number of urea groups is 1. The lowest BCUT2D eigenvalue weighted by atomic mass is 9.93. The third-order valence-corrected chi connectivity index (χ3v) is 2.95. The Balaban J connectivity index is 1.70. The monoisotopic (exact) mass is 198 g/mol. The Kier molecular flexibility index (Phi) is 2.31. The summed E-state index contributed by atoms with van der Waals surface area (Å²) in [5, 5.41) is 11.5. The fraction of sp³-hybridized carbons (Fsp3) is 0.778. The van der Waals surface area contributed by atoms with E-state index in [4.69, 9.17) is 5.11 Å². The first kappa shape index (κ1) is 9.30. The van der Waals surface area contributed by atoms with Gasteiger partial charge in [0.2, 0.25) is 0 Å². The molecule has 78 valence electrons. The van der Waals surface area contributed by atoms with Crippen LogP contribution in [0.15, 0.2) is 0 Å². The van der Waals surface area contributed by atoms with Crippen LogP contribution in [0.4, 0.5) is 4.79 Å². The van der Waals surface area contributed by atoms with Gasteiger partial charge >= 0.3 is 12.0 Å². The van der Waals surface area contributed by atoms with E-state index < -0.39 is 5.97 Å². The van der Waals surface area contributed by atoms with Crippen LogP contribution in [0.5, 0.6) is 0 Å². The molecular formula is C9H14N2O3. The lowest BCUT2D eigenvalue weighted by molar-refractivity contribution is -0.146. The number of carbonyl (C=O) groups excluding carboxylic acids is 1. The third kappa shape index (κ3) is 1.66. The van der Waals surface area contributed by atoms with E-state index in [2.05, 4.69) is 5.32 Å². The largest absolute Gasteiger partial charge is 0.481 e. The molecule has 0 bridgehead atoms. The lowest BCUT2D eigenvalue weighted by Gasteiger charge is -2.38. The molecule has 0 aromatic carbocycles. The van der Waals surface area contributed by atoms with Crippen LogP contribution >= 0.6 is 0 Å². The van der Waals surface area contributed by atoms with Crippen molar-refractivity contribution in [2.75, 3.05) is 13.1 Å². The molecule has 0 radical (unpaired) electrons. The van der Waals surface area contributed by atoms with Gasteiger partial charge in [-0.3, -0.25) is 4.79 Å². The topological polar surface area (TPSA) is 69.6 Å². The molecule has 1 saturated heterocycles. The molecule has 2 rings (SSSR count). The highest BCUT2D eigenvalue weighted by Crippen LogP contribution is 2.20. The van der Waals surface area contributed by atoms with Crippen LogP contribution in [-0.4, -0.2) is 41.1 Å². The summed E-state index contributed by atoms with van der Waals surface area (Å²) in [7, 11) is 0. The van der Waals surface area contributed by atoms with Crippen molar-refractivity contribution in [1.82, 2.24) is 10.2 Å². The third-order valence-electron chi connectivity index (χ3n) is 2.95. The van der Waals surface area contributed by atoms with Gasteiger partial charge in [-0.1, -0.05) is 0 Å². The standard InChI is InChI=1S/C9H14N2O3/c12-8(13)6-4-11(5-6)9(14)10-7-2-1-3-7/h6-7H,1-5H2,(H,10,14)(H,12,13). The number of aliphatic carboxylic acids is 1. The zero-order chi connectivity index (χ0) is 10.1. The molecule has 14 heavy (non-hydrogen) atoms. The molecule has 2 aliphatic rings. The number of hydrogen-bond acceptors (Lipinski definition) is 2. The minimum atomic E-state index is -0.808. The molecule has 0 unspecified atom stereocenters. The first-order chi connectivity index (χ1) is 6.66. The van der Waals surface area contributed by atoms with Gasteiger partial charge in [0.25, 0.3) is 0 Å². The van der Waals surface area contributed by atoms with E-state index >= 15 is 0 Å². The average Bonchev–Trinajstić information content (AvgIpc) is 1.93. The predicted octanol–water partition coefficient (Wildman–Crippen LogP) is 0.265. The van der Waals surface area contributed by atoms with E-state index in [1.165, 1.54) is 6.42 Å². The fourth-order valence-corrected chi connectivity index (χ4v) is 1.62. The zero-order valence-corrected chi connectivity index (χ0v) is 7.90. The molecule has 1 aliphatic heterocycles. The van der Waals surface area contributed by atoms with Crippen LogP contribution < -0.4 is 5.32 Å². The van der Waals surface area contributed by atoms with Gasteiger partial charge in [-0.05, 0) is 19.3 Å². The van der Waals surface area contributed by atoms with E-state index in [1.54, 1.807) is 4.90 Å². The molecule has 2 N–H and O–H groups in total. The quantitative estimate of drug-likeness (QED) is 0.669. The predicted molar refractivity (Wildman–Crippen MR) is 48.9 cm³/mol. The summed E-state index contributed by atoms with van der Waals surface area (Å²) in [6.07, 6.45) is 3.30. The number of carbonyl (C=O) groups is 2. The number of nitrogens with zero attached hydrogens (tertiary/aromatic N) is 1. The van der Waals surface area contributed by atoms with Gasteiger partial charge in [0.05, 0.1) is 5.92 Å². The second-order valence-corrected chi connectivity index (χ2v) is 4.02. The second-order valence-electron chi connectivity index (χ2n) is 4.02. The normalized spacial score (nSPS) is 22.4. The average molecular weight is 198 g/mol. The van der Waals surface area contributed by atoms with Gasteiger partial charge in [-0.25, -0.2) is 4.79 Å². The fourth-order valence-electron chi connectivity index (χ4n) is 1.62. The van der Waals surface area contributed by atoms with Crippen LogP contribution in [0.3, 0.4) is 0 Å². The van der Waals surface area contributed by atoms with Crippen molar-refractivity contribution in [3.05, 3.63) is 0 Å². The highest BCUT2D eigenvalue weighted by molar-refractivity contribution is 5.79. The Morgan fingerprint density at radius 2 is 1.93 bits per heavy atom. The van der Waals surface area contributed by atoms with Gasteiger partial charge in [-0.15, -0.1) is 0 Å². The summed E-state index contributed by atoms with van der Waals surface area (Å²) in [6.45, 7) is 0.710. The molecule has 5 heteroatoms. The summed E-state index contributed by atoms with van der Waals surface area (Å²) < 4.78 is 0. The molecule has 0 atom stereocenters. The lowest BCUT2D eigenvalue weighted by Crippen LogP contribution is -2.58. The van der Waals surface area contributed by atoms with Crippen molar-refractivity contribution in [1.29, 1.82) is 0 Å². The number of nitrogens with one attached hydrogen (secondary N) is 1. The van der Waals surface area contributed by atoms with Gasteiger partial charge < -0.3 is 15.3 Å². The minimum Gasteiger partial charge on any atom is -0.481 e. The van der Waals surface area contributed by atoms with Crippen LogP contribution in [0.25, 0.3) is 0 Å². The first-order valence-electron chi connectivity index (χ1n) is 4.95. The Bertz CT molecular complexity index is 257. The summed E-state index contributed by atoms with van der Waals surface area (Å²) in [6, 6.07) is 0.221. The Labute approximate surface area is 82.1 Å². The van der Waals surface area contributed by atoms with Gasteiger partial charge in [0, 0.05) is 19.1 Å². The van der Waals surface area contributed by atoms with E-state index in [-0.39, 0.29) is 11.9 Å². The van der Waals surface area contributed by atoms with Crippen LogP contribution in [0, 0.1) is 5.92 Å². The van der Waals surface area contributed by atoms with Crippen molar-refractivity contribution >= 4 is 12.0 Å². The van der Waals surface area contributed by atoms with Crippen molar-refractivity contribution in [3.8, 4) is 0 Å². The molecular weight excluding hydrogens is 184 g/mol. The van der Waals surface area contributed by atoms with Crippen LogP contribution in [0.1, 0.15) is 19.3 Å². The molecule has 1 saturated carbocycles. The summed E-state index contributed by atoms with van der Waals surface area (Å²) in [5.74, 6) is -1.17. The van der Waals surface area contributed by atoms with Gasteiger partial charge in [0.1, 0.15) is 0 Å². The zero-order valence-electron chi connectivity index (χ0n) is 7.90. The van der Waals surface area contributed by atoms with E-state index in [0.29, 0.717) is 19.1 Å². The minimum absolute atomic E-state index is 0.104. The maximum absolute atomic E-state index is 11.4. The Hall–Kier alpha value is -1.26. The maximum Gasteiger partial charge on any atom is 0.317 e. The van der Waals surface area contributed by atoms with E-state index in [9.17, 15) is 9.59 Å². The molecule has 0 aromatic heterocycles. The molecule has 0 aromatic rings. The number of hydrogen-bond donors (Lipinski definition) is 2. The number of rotatable bonds is 2. The molecule has 5 nitrogen and oxygen atoms in total. The molecule has 0 spiro atoms. The Morgan fingerprint density at radius 3 is 2.36 bits per heavy atom. The summed E-state index contributed by atoms with van der Waals surface area (Å²) in [4.78, 5) is 23.5. The molecule has 1 heterocycles. The van der Waals surface area contributed by atoms with Crippen molar-refractivity contribution in [2.45, 2.75) is 25.3 Å². The number of carboxylic acids is 1. The summed E-state index contributed by atoms with van der Waals surface area (Å²) >= 11 is 0. The molecule has 1 aliphatic carbocycles. The highest BCUT2D eigenvalue weighted by atomic mass is 16.4. The molecule has 2 fully saturated rings. The van der Waals surface area contributed by atoms with Crippen molar-refractivity contribution in [2.24, 2.45) is 5.92 Å². The van der Waals surface area contributed by atoms with E-state index in [1.807, 2.05) is 0 Å². The smallest absolute Gasteiger partial charge is 0.317 e.